The summed E-state index contributed by atoms with van der Waals surface area (Å²) < 4.78 is 5.26. The third-order valence-corrected chi connectivity index (χ3v) is 4.73. The van der Waals surface area contributed by atoms with E-state index in [1.54, 1.807) is 0 Å². The molecule has 0 radical (unpaired) electrons. The molecule has 0 aromatic heterocycles. The molecular weight excluding hydrogens is 274 g/mol. The molecule has 0 bridgehead atoms. The second-order valence-electron chi connectivity index (χ2n) is 6.31. The molecule has 3 fully saturated rings. The highest BCUT2D eigenvalue weighted by atomic mass is 16.5. The fourth-order valence-corrected chi connectivity index (χ4v) is 3.28. The van der Waals surface area contributed by atoms with Crippen molar-refractivity contribution in [3.8, 4) is 0 Å². The Morgan fingerprint density at radius 3 is 2.67 bits per heavy atom. The minimum absolute atomic E-state index is 0.342. The average molecular weight is 295 g/mol. The Morgan fingerprint density at radius 2 is 2.05 bits per heavy atom. The number of urea groups is 1. The number of hydrazine groups is 1. The number of nitrogens with one attached hydrogen (secondary N) is 2. The fraction of sp³-hybridized carbons (Fsp3) is 0.786. The van der Waals surface area contributed by atoms with Crippen LogP contribution in [0.2, 0.25) is 0 Å². The molecule has 0 aromatic carbocycles. The minimum atomic E-state index is -0.826. The van der Waals surface area contributed by atoms with Gasteiger partial charge in [-0.25, -0.2) is 4.79 Å². The van der Waals surface area contributed by atoms with Crippen LogP contribution in [0.3, 0.4) is 0 Å². The van der Waals surface area contributed by atoms with Gasteiger partial charge in [0.1, 0.15) is 11.6 Å². The van der Waals surface area contributed by atoms with E-state index in [1.807, 2.05) is 0 Å². The summed E-state index contributed by atoms with van der Waals surface area (Å²) in [5, 5.41) is 3.60. The lowest BCUT2D eigenvalue weighted by Gasteiger charge is -2.33. The summed E-state index contributed by atoms with van der Waals surface area (Å²) in [6.45, 7) is 2.69. The van der Waals surface area contributed by atoms with Crippen molar-refractivity contribution in [2.45, 2.75) is 57.1 Å². The number of hydrogen-bond acceptors (Lipinski definition) is 4. The first-order chi connectivity index (χ1) is 10.0. The zero-order chi connectivity index (χ0) is 15.0. The summed E-state index contributed by atoms with van der Waals surface area (Å²) in [4.78, 5) is 36.6. The number of nitrogens with zero attached hydrogens (tertiary/aromatic N) is 1. The second kappa shape index (κ2) is 5.29. The van der Waals surface area contributed by atoms with Gasteiger partial charge >= 0.3 is 6.03 Å². The molecule has 2 N–H and O–H groups in total. The summed E-state index contributed by atoms with van der Waals surface area (Å²) in [6, 6.07) is -0.541. The molecule has 2 saturated heterocycles. The molecule has 2 heterocycles. The predicted octanol–water partition coefficient (Wildman–Crippen LogP) is 0.697. The van der Waals surface area contributed by atoms with E-state index in [0.29, 0.717) is 31.8 Å². The van der Waals surface area contributed by atoms with Gasteiger partial charge in [-0.05, 0) is 44.4 Å². The number of amides is 4. The standard InChI is InChI=1S/C14H21N3O4/c1-9-4-6-14(7-5-9)12(19)17(13(20)15-14)16-11(18)10-3-2-8-21-10/h9-10H,2-8H2,1H3,(H,15,20)(H,16,18). The number of carbonyl (C=O) groups excluding carboxylic acids is 3. The molecule has 1 unspecified atom stereocenters. The van der Waals surface area contributed by atoms with Gasteiger partial charge in [0, 0.05) is 6.61 Å². The van der Waals surface area contributed by atoms with Gasteiger partial charge in [0.25, 0.3) is 11.8 Å². The van der Waals surface area contributed by atoms with Crippen LogP contribution < -0.4 is 10.7 Å². The minimum Gasteiger partial charge on any atom is -0.368 e. The van der Waals surface area contributed by atoms with E-state index < -0.39 is 23.6 Å². The fourth-order valence-electron chi connectivity index (χ4n) is 3.28. The first-order valence-corrected chi connectivity index (χ1v) is 7.61. The van der Waals surface area contributed by atoms with Crippen molar-refractivity contribution in [2.24, 2.45) is 5.92 Å². The molecule has 21 heavy (non-hydrogen) atoms. The summed E-state index contributed by atoms with van der Waals surface area (Å²) in [5.41, 5.74) is 1.58. The molecule has 0 aromatic rings. The normalized spacial score (nSPS) is 36.1. The van der Waals surface area contributed by atoms with Crippen molar-refractivity contribution in [3.05, 3.63) is 0 Å². The van der Waals surface area contributed by atoms with Gasteiger partial charge in [0.15, 0.2) is 0 Å². The van der Waals surface area contributed by atoms with E-state index in [9.17, 15) is 14.4 Å². The topological polar surface area (TPSA) is 87.7 Å². The Kier molecular flexibility index (Phi) is 3.61. The van der Waals surface area contributed by atoms with Gasteiger partial charge in [0.2, 0.25) is 0 Å². The Labute approximate surface area is 123 Å². The third-order valence-electron chi connectivity index (χ3n) is 4.73. The van der Waals surface area contributed by atoms with E-state index >= 15 is 0 Å². The summed E-state index contributed by atoms with van der Waals surface area (Å²) in [7, 11) is 0. The first kappa shape index (κ1) is 14.3. The number of carbonyl (C=O) groups is 3. The van der Waals surface area contributed by atoms with Crippen molar-refractivity contribution in [3.63, 3.8) is 0 Å². The number of ether oxygens (including phenoxy) is 1. The van der Waals surface area contributed by atoms with E-state index in [2.05, 4.69) is 17.7 Å². The monoisotopic (exact) mass is 295 g/mol. The molecule has 116 valence electrons. The predicted molar refractivity (Wildman–Crippen MR) is 72.9 cm³/mol. The zero-order valence-corrected chi connectivity index (χ0v) is 12.2. The highest BCUT2D eigenvalue weighted by Crippen LogP contribution is 2.35. The maximum Gasteiger partial charge on any atom is 0.344 e. The van der Waals surface area contributed by atoms with Crippen molar-refractivity contribution >= 4 is 17.8 Å². The molecule has 7 nitrogen and oxygen atoms in total. The quantitative estimate of drug-likeness (QED) is 0.734. The van der Waals surface area contributed by atoms with Crippen LogP contribution in [0.15, 0.2) is 0 Å². The van der Waals surface area contributed by atoms with Crippen LogP contribution in [0, 0.1) is 5.92 Å². The van der Waals surface area contributed by atoms with Gasteiger partial charge in [-0.15, -0.1) is 0 Å². The van der Waals surface area contributed by atoms with Crippen LogP contribution in [0.5, 0.6) is 0 Å². The summed E-state index contributed by atoms with van der Waals surface area (Å²) in [5.74, 6) is -0.196. The Morgan fingerprint density at radius 1 is 1.33 bits per heavy atom. The molecule has 1 atom stereocenters. The molecule has 2 aliphatic heterocycles. The van der Waals surface area contributed by atoms with Gasteiger partial charge in [-0.1, -0.05) is 6.92 Å². The van der Waals surface area contributed by atoms with E-state index in [-0.39, 0.29) is 5.91 Å². The third kappa shape index (κ3) is 2.50. The molecule has 1 spiro atoms. The lowest BCUT2D eigenvalue weighted by atomic mass is 9.77. The zero-order valence-electron chi connectivity index (χ0n) is 12.2. The average Bonchev–Trinajstić information content (AvgIpc) is 3.06. The molecule has 7 heteroatoms. The van der Waals surface area contributed by atoms with Crippen molar-refractivity contribution in [1.29, 1.82) is 0 Å². The van der Waals surface area contributed by atoms with E-state index in [1.165, 1.54) is 0 Å². The Balaban J connectivity index is 1.67. The molecule has 4 amide bonds. The van der Waals surface area contributed by atoms with Gasteiger partial charge in [-0.2, -0.15) is 5.01 Å². The van der Waals surface area contributed by atoms with Gasteiger partial charge in [0.05, 0.1) is 0 Å². The lowest BCUT2D eigenvalue weighted by Crippen LogP contribution is -2.53. The molecular formula is C14H21N3O4. The molecule has 1 saturated carbocycles. The van der Waals surface area contributed by atoms with Crippen LogP contribution in [-0.4, -0.2) is 41.1 Å². The van der Waals surface area contributed by atoms with Crippen LogP contribution in [-0.2, 0) is 14.3 Å². The number of rotatable bonds is 2. The van der Waals surface area contributed by atoms with E-state index in [0.717, 1.165) is 24.3 Å². The first-order valence-electron chi connectivity index (χ1n) is 7.61. The van der Waals surface area contributed by atoms with Crippen molar-refractivity contribution in [1.82, 2.24) is 15.8 Å². The van der Waals surface area contributed by atoms with Gasteiger partial charge < -0.3 is 10.1 Å². The van der Waals surface area contributed by atoms with Gasteiger partial charge in [-0.3, -0.25) is 15.0 Å². The van der Waals surface area contributed by atoms with Crippen LogP contribution >= 0.6 is 0 Å². The van der Waals surface area contributed by atoms with Crippen LogP contribution in [0.1, 0.15) is 45.4 Å². The number of imide groups is 1. The Bertz CT molecular complexity index is 465. The second-order valence-corrected chi connectivity index (χ2v) is 6.31. The Hall–Kier alpha value is -1.63. The SMILES string of the molecule is CC1CCC2(CC1)NC(=O)N(NC(=O)C1CCCO1)C2=O. The maximum atomic E-state index is 12.5. The van der Waals surface area contributed by atoms with Crippen molar-refractivity contribution < 1.29 is 19.1 Å². The largest absolute Gasteiger partial charge is 0.368 e. The number of hydrogen-bond donors (Lipinski definition) is 2. The molecule has 3 rings (SSSR count). The molecule has 3 aliphatic rings. The highest BCUT2D eigenvalue weighted by molar-refractivity contribution is 6.08. The van der Waals surface area contributed by atoms with Crippen molar-refractivity contribution in [2.75, 3.05) is 6.61 Å². The molecule has 1 aliphatic carbocycles. The van der Waals surface area contributed by atoms with E-state index in [4.69, 9.17) is 4.74 Å². The van der Waals surface area contributed by atoms with Crippen LogP contribution in [0.4, 0.5) is 4.79 Å². The highest BCUT2D eigenvalue weighted by Gasteiger charge is 2.53. The smallest absolute Gasteiger partial charge is 0.344 e. The summed E-state index contributed by atoms with van der Waals surface area (Å²) in [6.07, 6.45) is 3.95. The maximum absolute atomic E-state index is 12.5. The van der Waals surface area contributed by atoms with Crippen LogP contribution in [0.25, 0.3) is 0 Å². The summed E-state index contributed by atoms with van der Waals surface area (Å²) >= 11 is 0. The lowest BCUT2D eigenvalue weighted by molar-refractivity contribution is -0.143.